The van der Waals surface area contributed by atoms with Gasteiger partial charge in [-0.15, -0.1) is 0 Å². The van der Waals surface area contributed by atoms with Gasteiger partial charge >= 0.3 is 5.69 Å². The van der Waals surface area contributed by atoms with E-state index in [1.807, 2.05) is 33.8 Å². The zero-order valence-corrected chi connectivity index (χ0v) is 11.0. The van der Waals surface area contributed by atoms with Crippen molar-refractivity contribution in [2.75, 3.05) is 0 Å². The number of nitrogens with zero attached hydrogens (tertiary/aromatic N) is 2. The highest BCUT2D eigenvalue weighted by Crippen LogP contribution is 2.15. The topological polar surface area (TPSA) is 67.8 Å². The molecule has 0 saturated carbocycles. The van der Waals surface area contributed by atoms with Gasteiger partial charge in [0.05, 0.1) is 5.39 Å². The van der Waals surface area contributed by atoms with Gasteiger partial charge in [-0.05, 0) is 31.4 Å². The normalized spacial score (nSPS) is 11.7. The average molecular weight is 247 g/mol. The smallest absolute Gasteiger partial charge is 0.291 e. The second-order valence-corrected chi connectivity index (χ2v) is 5.02. The second-order valence-electron chi connectivity index (χ2n) is 5.02. The van der Waals surface area contributed by atoms with Crippen molar-refractivity contribution in [3.8, 4) is 0 Å². The first-order valence-corrected chi connectivity index (χ1v) is 6.06. The lowest BCUT2D eigenvalue weighted by molar-refractivity contribution is 0.551. The molecule has 0 unspecified atom stereocenters. The molecule has 2 rings (SSSR count). The molecule has 0 fully saturated rings. The number of nitrogens with one attached hydrogen (secondary N) is 1. The van der Waals surface area contributed by atoms with Crippen LogP contribution in [0.25, 0.3) is 11.0 Å². The predicted molar refractivity (Wildman–Crippen MR) is 71.1 cm³/mol. The Bertz CT molecular complexity index is 695. The highest BCUT2D eigenvalue weighted by atomic mass is 16.2. The second kappa shape index (κ2) is 4.40. The zero-order valence-electron chi connectivity index (χ0n) is 11.0. The molecule has 0 aliphatic heterocycles. The van der Waals surface area contributed by atoms with Gasteiger partial charge in [-0.25, -0.2) is 9.78 Å². The van der Waals surface area contributed by atoms with E-state index in [2.05, 4.69) is 9.97 Å². The number of aromatic amines is 1. The highest BCUT2D eigenvalue weighted by Gasteiger charge is 2.12. The van der Waals surface area contributed by atoms with Crippen LogP contribution in [0.1, 0.15) is 45.2 Å². The van der Waals surface area contributed by atoms with Crippen LogP contribution < -0.4 is 11.2 Å². The number of aromatic nitrogens is 3. The van der Waals surface area contributed by atoms with Crippen LogP contribution in [0.2, 0.25) is 0 Å². The lowest BCUT2D eigenvalue weighted by Crippen LogP contribution is -2.36. The van der Waals surface area contributed by atoms with E-state index in [1.165, 1.54) is 4.57 Å². The minimum Gasteiger partial charge on any atom is -0.291 e. The fourth-order valence-electron chi connectivity index (χ4n) is 1.91. The van der Waals surface area contributed by atoms with Crippen LogP contribution in [-0.2, 0) is 0 Å². The fraction of sp³-hybridized carbons (Fsp3) is 0.462. The maximum Gasteiger partial charge on any atom is 0.330 e. The fourth-order valence-corrected chi connectivity index (χ4v) is 1.91. The van der Waals surface area contributed by atoms with E-state index in [0.717, 1.165) is 5.56 Å². The number of fused-ring (bicyclic) bond motifs is 1. The molecule has 0 saturated heterocycles. The predicted octanol–water partition coefficient (Wildman–Crippen LogP) is 1.79. The summed E-state index contributed by atoms with van der Waals surface area (Å²) in [6.45, 7) is 7.69. The molecule has 2 aromatic heterocycles. The molecule has 0 radical (unpaired) electrons. The maximum absolute atomic E-state index is 12.3. The van der Waals surface area contributed by atoms with Gasteiger partial charge in [0.1, 0.15) is 5.65 Å². The Balaban J connectivity index is 2.86. The summed E-state index contributed by atoms with van der Waals surface area (Å²) in [6.07, 6.45) is 1.70. The summed E-state index contributed by atoms with van der Waals surface area (Å²) in [5, 5.41) is 0.467. The van der Waals surface area contributed by atoms with Gasteiger partial charge < -0.3 is 0 Å². The lowest BCUT2D eigenvalue weighted by Gasteiger charge is -2.10. The molecule has 5 nitrogen and oxygen atoms in total. The number of rotatable bonds is 2. The summed E-state index contributed by atoms with van der Waals surface area (Å²) in [5.41, 5.74) is 0.652. The van der Waals surface area contributed by atoms with Crippen molar-refractivity contribution < 1.29 is 0 Å². The van der Waals surface area contributed by atoms with E-state index in [-0.39, 0.29) is 11.6 Å². The van der Waals surface area contributed by atoms with Gasteiger partial charge in [0.25, 0.3) is 5.56 Å². The van der Waals surface area contributed by atoms with Gasteiger partial charge in [0.2, 0.25) is 0 Å². The zero-order chi connectivity index (χ0) is 13.4. The summed E-state index contributed by atoms with van der Waals surface area (Å²) in [6, 6.07) is 1.64. The van der Waals surface area contributed by atoms with Gasteiger partial charge in [-0.3, -0.25) is 14.3 Å². The Morgan fingerprint density at radius 3 is 2.44 bits per heavy atom. The van der Waals surface area contributed by atoms with Crippen LogP contribution in [0.5, 0.6) is 0 Å². The average Bonchev–Trinajstić information content (AvgIpc) is 2.27. The molecule has 0 aliphatic rings. The van der Waals surface area contributed by atoms with Crippen molar-refractivity contribution in [3.05, 3.63) is 38.7 Å². The molecule has 2 heterocycles. The maximum atomic E-state index is 12.3. The molecule has 0 bridgehead atoms. The van der Waals surface area contributed by atoms with Gasteiger partial charge in [0, 0.05) is 12.2 Å². The van der Waals surface area contributed by atoms with Crippen LogP contribution in [0.4, 0.5) is 0 Å². The van der Waals surface area contributed by atoms with E-state index in [1.54, 1.807) is 6.20 Å². The van der Waals surface area contributed by atoms with E-state index in [0.29, 0.717) is 17.0 Å². The number of H-pyrrole nitrogens is 1. The summed E-state index contributed by atoms with van der Waals surface area (Å²) in [5.74, 6) is 0.292. The lowest BCUT2D eigenvalue weighted by atomic mass is 10.1. The number of hydrogen-bond donors (Lipinski definition) is 1. The van der Waals surface area contributed by atoms with E-state index < -0.39 is 5.69 Å². The molecule has 96 valence electrons. The van der Waals surface area contributed by atoms with Gasteiger partial charge in [-0.1, -0.05) is 13.8 Å². The Morgan fingerprint density at radius 2 is 1.89 bits per heavy atom. The molecule has 0 aromatic carbocycles. The molecule has 0 spiro atoms. The van der Waals surface area contributed by atoms with Crippen molar-refractivity contribution in [1.29, 1.82) is 0 Å². The molecule has 5 heteroatoms. The molecule has 18 heavy (non-hydrogen) atoms. The highest BCUT2D eigenvalue weighted by molar-refractivity contribution is 5.73. The van der Waals surface area contributed by atoms with Crippen molar-refractivity contribution in [2.45, 2.75) is 39.7 Å². The van der Waals surface area contributed by atoms with Crippen molar-refractivity contribution in [1.82, 2.24) is 14.5 Å². The molecular weight excluding hydrogens is 230 g/mol. The van der Waals surface area contributed by atoms with Crippen molar-refractivity contribution in [3.63, 3.8) is 0 Å². The summed E-state index contributed by atoms with van der Waals surface area (Å²) in [7, 11) is 0. The summed E-state index contributed by atoms with van der Waals surface area (Å²) < 4.78 is 1.22. The third-order valence-electron chi connectivity index (χ3n) is 2.99. The van der Waals surface area contributed by atoms with E-state index in [4.69, 9.17) is 0 Å². The molecular formula is C13H17N3O2. The van der Waals surface area contributed by atoms with E-state index >= 15 is 0 Å². The minimum absolute atomic E-state index is 0.173. The SMILES string of the molecule is CC(C)c1cnc2[nH]c(=O)n(C(C)C)c(=O)c2c1. The summed E-state index contributed by atoms with van der Waals surface area (Å²) in [4.78, 5) is 30.8. The monoisotopic (exact) mass is 247 g/mol. The van der Waals surface area contributed by atoms with Crippen LogP contribution in [-0.4, -0.2) is 14.5 Å². The number of hydrogen-bond acceptors (Lipinski definition) is 3. The Hall–Kier alpha value is -1.91. The molecule has 0 atom stereocenters. The van der Waals surface area contributed by atoms with Gasteiger partial charge in [-0.2, -0.15) is 0 Å². The molecule has 0 amide bonds. The largest absolute Gasteiger partial charge is 0.330 e. The standard InChI is InChI=1S/C13H17N3O2/c1-7(2)9-5-10-11(14-6-9)15-13(18)16(8(3)4)12(10)17/h5-8H,1-4H3,(H,14,15,18). The van der Waals surface area contributed by atoms with Crippen molar-refractivity contribution >= 4 is 11.0 Å². The first kappa shape index (κ1) is 12.5. The van der Waals surface area contributed by atoms with Crippen molar-refractivity contribution in [2.24, 2.45) is 0 Å². The van der Waals surface area contributed by atoms with Crippen LogP contribution in [0.3, 0.4) is 0 Å². The molecule has 2 aromatic rings. The first-order valence-electron chi connectivity index (χ1n) is 6.06. The molecule has 1 N–H and O–H groups in total. The third kappa shape index (κ3) is 1.96. The Morgan fingerprint density at radius 1 is 1.22 bits per heavy atom. The van der Waals surface area contributed by atoms with Crippen LogP contribution in [0, 0.1) is 0 Å². The Kier molecular flexibility index (Phi) is 3.07. The summed E-state index contributed by atoms with van der Waals surface area (Å²) >= 11 is 0. The number of pyridine rings is 1. The van der Waals surface area contributed by atoms with Crippen LogP contribution >= 0.6 is 0 Å². The third-order valence-corrected chi connectivity index (χ3v) is 2.99. The van der Waals surface area contributed by atoms with E-state index in [9.17, 15) is 9.59 Å². The minimum atomic E-state index is -0.410. The molecule has 0 aliphatic carbocycles. The van der Waals surface area contributed by atoms with Gasteiger partial charge in [0.15, 0.2) is 0 Å². The quantitative estimate of drug-likeness (QED) is 0.879. The Labute approximate surface area is 104 Å². The van der Waals surface area contributed by atoms with Crippen LogP contribution in [0.15, 0.2) is 21.9 Å². The first-order chi connectivity index (χ1) is 8.41.